The molecular weight excluding hydrogens is 264 g/mol. The van der Waals surface area contributed by atoms with Crippen molar-refractivity contribution in [1.29, 1.82) is 0 Å². The molecule has 18 heavy (non-hydrogen) atoms. The van der Waals surface area contributed by atoms with Gasteiger partial charge in [0.2, 0.25) is 17.4 Å². The highest BCUT2D eigenvalue weighted by Crippen LogP contribution is 2.46. The molecule has 0 aromatic heterocycles. The number of halogens is 1. The van der Waals surface area contributed by atoms with Crippen molar-refractivity contribution in [2.24, 2.45) is 0 Å². The lowest BCUT2D eigenvalue weighted by Crippen LogP contribution is -2.09. The summed E-state index contributed by atoms with van der Waals surface area (Å²) in [6.45, 7) is 1.27. The summed E-state index contributed by atoms with van der Waals surface area (Å²) in [7, 11) is 2.51. The fourth-order valence-corrected chi connectivity index (χ4v) is 1.73. The summed E-state index contributed by atoms with van der Waals surface area (Å²) in [5, 5.41) is 13.4. The predicted octanol–water partition coefficient (Wildman–Crippen LogP) is 2.22. The second-order valence-electron chi connectivity index (χ2n) is 3.26. The fourth-order valence-electron chi connectivity index (χ4n) is 1.45. The van der Waals surface area contributed by atoms with Crippen LogP contribution in [0.1, 0.15) is 6.92 Å². The first-order valence-corrected chi connectivity index (χ1v) is 5.16. The van der Waals surface area contributed by atoms with E-state index in [9.17, 15) is 14.9 Å². The topological polar surface area (TPSA) is 90.7 Å². The maximum Gasteiger partial charge on any atom is 0.356 e. The maximum atomic E-state index is 11.0. The summed E-state index contributed by atoms with van der Waals surface area (Å²) in [5.74, 6) is -0.632. The summed E-state index contributed by atoms with van der Waals surface area (Å²) in [6, 6.07) is 1.33. The minimum absolute atomic E-state index is 0.00810. The van der Waals surface area contributed by atoms with E-state index < -0.39 is 16.5 Å². The van der Waals surface area contributed by atoms with Crippen LogP contribution in [-0.4, -0.2) is 25.1 Å². The highest BCUT2D eigenvalue weighted by atomic mass is 35.5. The van der Waals surface area contributed by atoms with Gasteiger partial charge < -0.3 is 14.8 Å². The zero-order chi connectivity index (χ0) is 13.9. The molecule has 1 N–H and O–H groups in total. The van der Waals surface area contributed by atoms with Crippen molar-refractivity contribution in [3.05, 3.63) is 21.2 Å². The highest BCUT2D eigenvalue weighted by Gasteiger charge is 2.28. The molecule has 0 bridgehead atoms. The quantitative estimate of drug-likeness (QED) is 0.671. The number of nitro groups is 1. The Hall–Kier alpha value is -2.02. The molecule has 0 saturated heterocycles. The number of nitrogens with zero attached hydrogens (tertiary/aromatic N) is 1. The van der Waals surface area contributed by atoms with E-state index in [1.807, 2.05) is 0 Å². The first kappa shape index (κ1) is 14.0. The largest absolute Gasteiger partial charge is 0.489 e. The van der Waals surface area contributed by atoms with E-state index in [4.69, 9.17) is 21.1 Å². The number of hydrogen-bond acceptors (Lipinski definition) is 5. The van der Waals surface area contributed by atoms with Gasteiger partial charge in [-0.3, -0.25) is 14.9 Å². The summed E-state index contributed by atoms with van der Waals surface area (Å²) >= 11 is 5.85. The van der Waals surface area contributed by atoms with Gasteiger partial charge in [-0.2, -0.15) is 0 Å². The van der Waals surface area contributed by atoms with Crippen LogP contribution in [0.3, 0.4) is 0 Å². The highest BCUT2D eigenvalue weighted by molar-refractivity contribution is 6.33. The van der Waals surface area contributed by atoms with Crippen LogP contribution in [-0.2, 0) is 4.79 Å². The van der Waals surface area contributed by atoms with E-state index in [1.165, 1.54) is 27.2 Å². The molecule has 7 nitrogen and oxygen atoms in total. The molecular formula is C10H11ClN2O5. The van der Waals surface area contributed by atoms with E-state index in [-0.39, 0.29) is 22.2 Å². The standard InChI is InChI=1S/C10H11ClN2O5/c1-5(14)12-7-4-6(11)9(17-2)8(13(15)16)10(7)18-3/h4H,1-3H3,(H,12,14). The second kappa shape index (κ2) is 5.54. The molecule has 0 radical (unpaired) electrons. The molecule has 0 heterocycles. The lowest BCUT2D eigenvalue weighted by molar-refractivity contribution is -0.386. The first-order valence-electron chi connectivity index (χ1n) is 4.78. The number of hydrogen-bond donors (Lipinski definition) is 1. The van der Waals surface area contributed by atoms with E-state index in [1.54, 1.807) is 0 Å². The van der Waals surface area contributed by atoms with Crippen molar-refractivity contribution in [3.63, 3.8) is 0 Å². The molecule has 0 aliphatic carbocycles. The number of amides is 1. The van der Waals surface area contributed by atoms with Crippen LogP contribution in [0.2, 0.25) is 5.02 Å². The third kappa shape index (κ3) is 2.62. The van der Waals surface area contributed by atoms with Crippen LogP contribution in [0.4, 0.5) is 11.4 Å². The van der Waals surface area contributed by atoms with Gasteiger partial charge in [0, 0.05) is 6.92 Å². The van der Waals surface area contributed by atoms with Crippen molar-refractivity contribution >= 4 is 28.9 Å². The monoisotopic (exact) mass is 274 g/mol. The van der Waals surface area contributed by atoms with E-state index in [0.29, 0.717) is 0 Å². The molecule has 1 amide bonds. The lowest BCUT2D eigenvalue weighted by atomic mass is 10.2. The summed E-state index contributed by atoms with van der Waals surface area (Å²) in [4.78, 5) is 21.4. The van der Waals surface area contributed by atoms with Crippen LogP contribution in [0, 0.1) is 10.1 Å². The van der Waals surface area contributed by atoms with Crippen LogP contribution in [0.15, 0.2) is 6.07 Å². The molecule has 0 atom stereocenters. The zero-order valence-electron chi connectivity index (χ0n) is 9.94. The zero-order valence-corrected chi connectivity index (χ0v) is 10.7. The van der Waals surface area contributed by atoms with Crippen LogP contribution in [0.25, 0.3) is 0 Å². The molecule has 8 heteroatoms. The minimum Gasteiger partial charge on any atom is -0.489 e. The Kier molecular flexibility index (Phi) is 4.33. The summed E-state index contributed by atoms with van der Waals surface area (Å²) in [6.07, 6.45) is 0. The number of methoxy groups -OCH3 is 2. The average Bonchev–Trinajstić information content (AvgIpc) is 2.27. The minimum atomic E-state index is -0.686. The van der Waals surface area contributed by atoms with Crippen molar-refractivity contribution in [2.75, 3.05) is 19.5 Å². The van der Waals surface area contributed by atoms with E-state index >= 15 is 0 Å². The molecule has 0 saturated carbocycles. The number of ether oxygens (including phenoxy) is 2. The first-order chi connectivity index (χ1) is 8.42. The van der Waals surface area contributed by atoms with Gasteiger partial charge in [-0.25, -0.2) is 0 Å². The molecule has 1 rings (SSSR count). The van der Waals surface area contributed by atoms with Gasteiger partial charge in [0.15, 0.2) is 0 Å². The molecule has 1 aromatic rings. The molecule has 0 aliphatic heterocycles. The lowest BCUT2D eigenvalue weighted by Gasteiger charge is -2.12. The SMILES string of the molecule is COc1c(Cl)cc(NC(C)=O)c(OC)c1[N+](=O)[O-]. The van der Waals surface area contributed by atoms with Crippen molar-refractivity contribution < 1.29 is 19.2 Å². The van der Waals surface area contributed by atoms with E-state index in [2.05, 4.69) is 5.32 Å². The molecule has 0 unspecified atom stereocenters. The van der Waals surface area contributed by atoms with Gasteiger partial charge in [-0.05, 0) is 6.07 Å². The number of anilines is 1. The van der Waals surface area contributed by atoms with Crippen LogP contribution < -0.4 is 14.8 Å². The number of benzene rings is 1. The van der Waals surface area contributed by atoms with Gasteiger partial charge in [0.1, 0.15) is 0 Å². The van der Waals surface area contributed by atoms with Crippen molar-refractivity contribution in [2.45, 2.75) is 6.92 Å². The number of nitro benzene ring substituents is 1. The molecule has 0 aliphatic rings. The Morgan fingerprint density at radius 2 is 1.94 bits per heavy atom. The second-order valence-corrected chi connectivity index (χ2v) is 3.67. The molecule has 0 fully saturated rings. The third-order valence-corrected chi connectivity index (χ3v) is 2.35. The Labute approximate surface area is 108 Å². The maximum absolute atomic E-state index is 11.0. The Morgan fingerprint density at radius 3 is 2.33 bits per heavy atom. The van der Waals surface area contributed by atoms with Gasteiger partial charge >= 0.3 is 5.69 Å². The smallest absolute Gasteiger partial charge is 0.356 e. The number of carbonyl (C=O) groups excluding carboxylic acids is 1. The van der Waals surface area contributed by atoms with Gasteiger partial charge in [-0.1, -0.05) is 11.6 Å². The predicted molar refractivity (Wildman–Crippen MR) is 65.5 cm³/mol. The van der Waals surface area contributed by atoms with Crippen LogP contribution >= 0.6 is 11.6 Å². The molecule has 1 aromatic carbocycles. The fraction of sp³-hybridized carbons (Fsp3) is 0.300. The molecule has 98 valence electrons. The molecule has 0 spiro atoms. The van der Waals surface area contributed by atoms with Crippen LogP contribution in [0.5, 0.6) is 11.5 Å². The van der Waals surface area contributed by atoms with E-state index in [0.717, 1.165) is 0 Å². The van der Waals surface area contributed by atoms with Crippen molar-refractivity contribution in [3.8, 4) is 11.5 Å². The van der Waals surface area contributed by atoms with Gasteiger partial charge in [0.25, 0.3) is 0 Å². The Balaban J connectivity index is 3.56. The number of rotatable bonds is 4. The number of nitrogens with one attached hydrogen (secondary N) is 1. The normalized spacial score (nSPS) is 9.78. The van der Waals surface area contributed by atoms with Crippen molar-refractivity contribution in [1.82, 2.24) is 0 Å². The third-order valence-electron chi connectivity index (χ3n) is 2.06. The number of carbonyl (C=O) groups is 1. The van der Waals surface area contributed by atoms with Gasteiger partial charge in [-0.15, -0.1) is 0 Å². The Bertz CT molecular complexity index is 504. The Morgan fingerprint density at radius 1 is 1.39 bits per heavy atom. The average molecular weight is 275 g/mol. The van der Waals surface area contributed by atoms with Gasteiger partial charge in [0.05, 0.1) is 29.9 Å². The summed E-state index contributed by atoms with van der Waals surface area (Å²) in [5.41, 5.74) is -0.321. The summed E-state index contributed by atoms with van der Waals surface area (Å²) < 4.78 is 9.81.